The Hall–Kier alpha value is -11.5. The second-order valence-electron chi connectivity index (χ2n) is 21.9. The summed E-state index contributed by atoms with van der Waals surface area (Å²) < 4.78 is 44.4. The molecule has 4 unspecified atom stereocenters. The second kappa shape index (κ2) is 30.1. The highest BCUT2D eigenvalue weighted by molar-refractivity contribution is 5.99. The van der Waals surface area contributed by atoms with Gasteiger partial charge in [-0.1, -0.05) is 72.2 Å². The van der Waals surface area contributed by atoms with Crippen molar-refractivity contribution in [2.45, 2.75) is 36.7 Å². The van der Waals surface area contributed by atoms with Gasteiger partial charge < -0.3 is 58.3 Å². The Balaban J connectivity index is 0.894. The number of aliphatic hydroxyl groups is 4. The number of hydrogen-bond acceptors (Lipinski definition) is 18. The van der Waals surface area contributed by atoms with Gasteiger partial charge >= 0.3 is 35.9 Å². The second-order valence-corrected chi connectivity index (χ2v) is 21.9. The molecular weight excluding hydrogens is 1210 g/mol. The van der Waals surface area contributed by atoms with Crippen LogP contribution in [-0.2, 0) is 18.9 Å². The van der Waals surface area contributed by atoms with Gasteiger partial charge in [-0.05, 0) is 140 Å². The summed E-state index contributed by atoms with van der Waals surface area (Å²) in [6, 6.07) is 37.8. The summed E-state index contributed by atoms with van der Waals surface area (Å²) in [4.78, 5) is 88.6. The predicted octanol–water partition coefficient (Wildman–Crippen LogP) is 6.65. The van der Waals surface area contributed by atoms with Crippen molar-refractivity contribution in [3.8, 4) is 72.4 Å². The van der Waals surface area contributed by atoms with Crippen LogP contribution >= 0.6 is 0 Å². The van der Waals surface area contributed by atoms with Crippen molar-refractivity contribution in [3.63, 3.8) is 0 Å². The number of rotatable bonds is 28. The summed E-state index contributed by atoms with van der Waals surface area (Å²) in [6.45, 7) is -5.06. The number of aliphatic hydroxyl groups excluding tert-OH is 4. The Kier molecular flexibility index (Phi) is 20.9. The highest BCUT2D eigenvalue weighted by atomic mass is 16.6. The molecule has 0 aromatic heterocycles. The third-order valence-electron chi connectivity index (χ3n) is 15.3. The van der Waals surface area contributed by atoms with Gasteiger partial charge in [0.15, 0.2) is 0 Å². The predicted molar refractivity (Wildman–Crippen MR) is 343 cm³/mol. The van der Waals surface area contributed by atoms with Gasteiger partial charge in [0.2, 0.25) is 0 Å². The topological polar surface area (TPSA) is 270 Å². The first-order valence-electron chi connectivity index (χ1n) is 29.5. The molecule has 8 aromatic rings. The highest BCUT2D eigenvalue weighted by Crippen LogP contribution is 2.37. The fraction of sp³-hybridized carbons (Fsp3) is 0.250. The number of carbonyl (C=O) groups excluding carboxylic acids is 6. The van der Waals surface area contributed by atoms with E-state index in [1.54, 1.807) is 121 Å². The number of terminal acetylenes is 4. The van der Waals surface area contributed by atoms with Crippen molar-refractivity contribution >= 4 is 79.0 Å². The molecule has 8 aromatic carbocycles. The molecule has 22 nitrogen and oxygen atoms in total. The molecule has 4 atom stereocenters. The van der Waals surface area contributed by atoms with E-state index in [1.165, 1.54) is 24.3 Å². The Morgan fingerprint density at radius 1 is 0.340 bits per heavy atom. The van der Waals surface area contributed by atoms with Crippen molar-refractivity contribution in [1.29, 1.82) is 0 Å². The van der Waals surface area contributed by atoms with Crippen LogP contribution < -0.4 is 18.9 Å². The Bertz CT molecular complexity index is 3830. The molecule has 94 heavy (non-hydrogen) atoms. The molecular formula is C72H62N4O18. The van der Waals surface area contributed by atoms with E-state index in [-0.39, 0.29) is 48.7 Å². The monoisotopic (exact) mass is 1270 g/mol. The fourth-order valence-electron chi connectivity index (χ4n) is 10.9. The molecule has 2 aliphatic rings. The van der Waals surface area contributed by atoms with Crippen LogP contribution in [0.25, 0.3) is 43.1 Å². The molecule has 0 saturated carbocycles. The quantitative estimate of drug-likeness (QED) is 0.0227. The van der Waals surface area contributed by atoms with Gasteiger partial charge in [-0.3, -0.25) is 19.6 Å². The van der Waals surface area contributed by atoms with Gasteiger partial charge in [-0.2, -0.15) is 0 Å². The summed E-state index contributed by atoms with van der Waals surface area (Å²) in [6.07, 6.45) is 11.8. The van der Waals surface area contributed by atoms with Crippen LogP contribution in [0.1, 0.15) is 41.4 Å². The zero-order chi connectivity index (χ0) is 66.4. The average molecular weight is 1270 g/mol. The molecule has 2 heterocycles. The van der Waals surface area contributed by atoms with Gasteiger partial charge in [0.05, 0.1) is 48.4 Å². The van der Waals surface area contributed by atoms with E-state index in [4.69, 9.17) is 63.6 Å². The number of esters is 4. The number of benzene rings is 8. The minimum atomic E-state index is -1.65. The first-order chi connectivity index (χ1) is 45.5. The first-order valence-corrected chi connectivity index (χ1v) is 29.5. The van der Waals surface area contributed by atoms with Gasteiger partial charge in [-0.15, -0.1) is 25.7 Å². The number of fused-ring (bicyclic) bond motifs is 5. The first kappa shape index (κ1) is 65.5. The summed E-state index contributed by atoms with van der Waals surface area (Å²) in [5.41, 5.74) is 0.495. The lowest BCUT2D eigenvalue weighted by Crippen LogP contribution is -2.52. The van der Waals surface area contributed by atoms with Crippen LogP contribution in [0.5, 0.6) is 23.0 Å². The van der Waals surface area contributed by atoms with E-state index in [9.17, 15) is 39.6 Å². The molecule has 22 heteroatoms. The number of urea groups is 2. The van der Waals surface area contributed by atoms with Crippen LogP contribution in [-0.4, -0.2) is 192 Å². The van der Waals surface area contributed by atoms with E-state index in [0.717, 1.165) is 41.1 Å². The Morgan fingerprint density at radius 3 is 0.755 bits per heavy atom. The van der Waals surface area contributed by atoms with Crippen molar-refractivity contribution in [2.75, 3.05) is 79.0 Å². The maximum atomic E-state index is 15.1. The van der Waals surface area contributed by atoms with E-state index < -0.39 is 125 Å². The van der Waals surface area contributed by atoms with Crippen LogP contribution in [0.2, 0.25) is 0 Å². The normalized spacial score (nSPS) is 15.4. The van der Waals surface area contributed by atoms with E-state index in [1.807, 2.05) is 0 Å². The summed E-state index contributed by atoms with van der Waals surface area (Å²) in [5.74, 6) is 8.35. The Labute approximate surface area is 539 Å². The average Bonchev–Trinajstić information content (AvgIpc) is 1.57. The smallest absolute Gasteiger partial charge is 0.338 e. The number of nitrogens with zero attached hydrogens (tertiary/aromatic N) is 4. The molecule has 2 saturated heterocycles. The molecule has 0 radical (unpaired) electrons. The third-order valence-corrected chi connectivity index (χ3v) is 15.3. The maximum absolute atomic E-state index is 15.1. The molecule has 2 aliphatic heterocycles. The lowest BCUT2D eigenvalue weighted by molar-refractivity contribution is -0.00439. The van der Waals surface area contributed by atoms with Crippen LogP contribution in [0.15, 0.2) is 146 Å². The minimum absolute atomic E-state index is 0.0540. The van der Waals surface area contributed by atoms with Gasteiger partial charge in [0.25, 0.3) is 0 Å². The third kappa shape index (κ3) is 15.6. The lowest BCUT2D eigenvalue weighted by Gasteiger charge is -2.32. The zero-order valence-electron chi connectivity index (χ0n) is 50.4. The number of carbonyl (C=O) groups is 6. The molecule has 0 bridgehead atoms. The van der Waals surface area contributed by atoms with E-state index in [2.05, 4.69) is 23.7 Å². The van der Waals surface area contributed by atoms with Crippen molar-refractivity contribution in [1.82, 2.24) is 19.6 Å². The summed E-state index contributed by atoms with van der Waals surface area (Å²) in [7, 11) is 0. The number of hydrogen-bond donors (Lipinski definition) is 4. The van der Waals surface area contributed by atoms with Gasteiger partial charge in [0, 0.05) is 0 Å². The molecule has 2 fully saturated rings. The largest absolute Gasteiger partial charge is 0.481 e. The van der Waals surface area contributed by atoms with Crippen molar-refractivity contribution in [3.05, 3.63) is 168 Å². The SMILES string of the molecule is C#CCOc1ccc2cc(C(=O)OCC(O)CN3C(=O)N(CC(O)COC(=O)c4ccc5cc(OCC#C)ccc5c4)C4C3N(CC(O)COC(=O)c3ccc5cc(OCC#C)ccc5c3)C(=O)N4CC(O)COC(=O)c3ccc4cc(OCC#C)ccc4c3)ccc2c1. The van der Waals surface area contributed by atoms with Crippen LogP contribution in [0.3, 0.4) is 0 Å². The highest BCUT2D eigenvalue weighted by Gasteiger charge is 2.60. The molecule has 4 amide bonds. The summed E-state index contributed by atoms with van der Waals surface area (Å²) in [5, 5.41) is 52.4. The lowest BCUT2D eigenvalue weighted by atomic mass is 10.1. The van der Waals surface area contributed by atoms with E-state index >= 15 is 9.59 Å². The van der Waals surface area contributed by atoms with Crippen LogP contribution in [0, 0.1) is 49.4 Å². The number of amides is 4. The van der Waals surface area contributed by atoms with E-state index in [0.29, 0.717) is 44.5 Å². The summed E-state index contributed by atoms with van der Waals surface area (Å²) >= 11 is 0. The molecule has 10 rings (SSSR count). The maximum Gasteiger partial charge on any atom is 0.338 e. The fourth-order valence-corrected chi connectivity index (χ4v) is 10.9. The number of ether oxygens (including phenoxy) is 8. The number of β-amino-alcohol motifs (C(OH)–C–C–N with tert-alkyl or cyclic N) is 4. The molecule has 4 N–H and O–H groups in total. The van der Waals surface area contributed by atoms with Crippen molar-refractivity contribution in [2.24, 2.45) is 0 Å². The van der Waals surface area contributed by atoms with Crippen molar-refractivity contribution < 1.29 is 87.1 Å². The molecule has 0 spiro atoms. The van der Waals surface area contributed by atoms with Gasteiger partial charge in [0.1, 0.15) is 113 Å². The standard InChI is InChI=1S/C72H62N4O18/c1-5-25-87-61-21-17-45-29-53(13-9-49(45)33-61)67(81)91-41-57(77)37-73-65-66(75(71(73)85)39-59(79)43-93-69(83)55-15-11-51-35-63(89-27-7-3)23-19-47(51)31-55)76(40-60(80)44-94-70(84)56-16-12-52-36-64(90-28-8-4)24-20-48(52)32-56)72(86)74(65)38-58(78)42-92-68(82)54-14-10-50-34-62(88-26-6-2)22-18-46(50)30-54/h1-4,9-24,29-36,57-60,65-66,77-80H,25-28,37-44H2. The molecule has 0 aliphatic carbocycles. The van der Waals surface area contributed by atoms with Crippen LogP contribution in [0.4, 0.5) is 9.59 Å². The Morgan fingerprint density at radius 2 is 0.543 bits per heavy atom. The molecule has 478 valence electrons. The van der Waals surface area contributed by atoms with Gasteiger partial charge in [-0.25, -0.2) is 28.8 Å². The zero-order valence-corrected chi connectivity index (χ0v) is 50.4. The minimum Gasteiger partial charge on any atom is -0.481 e.